The minimum absolute atomic E-state index is 0. The molecule has 4 N–H and O–H groups in total. The molecule has 0 radical (unpaired) electrons. The van der Waals surface area contributed by atoms with Gasteiger partial charge >= 0.3 is 0 Å². The molecule has 0 saturated carbocycles. The molecule has 2 aromatic rings. The number of carbonyl (C=O) groups is 1. The van der Waals surface area contributed by atoms with Crippen molar-refractivity contribution in [1.29, 1.82) is 0 Å². The number of hydrogen-bond acceptors (Lipinski definition) is 4. The van der Waals surface area contributed by atoms with Crippen LogP contribution in [0.25, 0.3) is 0 Å². The van der Waals surface area contributed by atoms with Gasteiger partial charge in [-0.1, -0.05) is 22.0 Å². The van der Waals surface area contributed by atoms with Crippen LogP contribution in [0.5, 0.6) is 11.5 Å². The van der Waals surface area contributed by atoms with Crippen molar-refractivity contribution in [2.75, 3.05) is 32.6 Å². The van der Waals surface area contributed by atoms with Crippen LogP contribution < -0.4 is 25.8 Å². The topological polar surface area (TPSA) is 98.0 Å². The number of nitrogens with one attached hydrogen (secondary N) is 2. The summed E-state index contributed by atoms with van der Waals surface area (Å²) >= 11 is 3.34. The molecule has 0 fully saturated rings. The monoisotopic (exact) mass is 548 g/mol. The smallest absolute Gasteiger partial charge is 0.251 e. The Bertz CT molecular complexity index is 802. The highest BCUT2D eigenvalue weighted by Crippen LogP contribution is 2.28. The molecule has 0 saturated heterocycles. The molecular weight excluding hydrogens is 527 g/mol. The fourth-order valence-corrected chi connectivity index (χ4v) is 2.57. The Kier molecular flexibility index (Phi) is 9.94. The van der Waals surface area contributed by atoms with E-state index in [0.29, 0.717) is 35.8 Å². The van der Waals surface area contributed by atoms with Crippen LogP contribution in [0.4, 0.5) is 5.69 Å². The van der Waals surface area contributed by atoms with Gasteiger partial charge in [-0.3, -0.25) is 9.79 Å². The minimum Gasteiger partial charge on any atom is -0.497 e. The molecule has 0 bridgehead atoms. The Morgan fingerprint density at radius 1 is 1.19 bits per heavy atom. The second kappa shape index (κ2) is 11.7. The zero-order valence-corrected chi connectivity index (χ0v) is 18.9. The number of aliphatic imine (C=N–C) groups is 1. The molecule has 146 valence electrons. The summed E-state index contributed by atoms with van der Waals surface area (Å²) in [5.74, 6) is 1.34. The lowest BCUT2D eigenvalue weighted by molar-refractivity contribution is 0.0954. The Labute approximate surface area is 183 Å². The van der Waals surface area contributed by atoms with Crippen LogP contribution >= 0.6 is 39.9 Å². The van der Waals surface area contributed by atoms with Gasteiger partial charge in [0.2, 0.25) is 0 Å². The first-order valence-corrected chi connectivity index (χ1v) is 8.65. The number of carbonyl (C=O) groups excluding carboxylic acids is 1. The summed E-state index contributed by atoms with van der Waals surface area (Å²) < 4.78 is 11.3. The summed E-state index contributed by atoms with van der Waals surface area (Å²) in [6, 6.07) is 12.5. The first kappa shape index (κ1) is 23.0. The molecule has 0 aliphatic carbocycles. The van der Waals surface area contributed by atoms with Gasteiger partial charge in [0.05, 0.1) is 26.5 Å². The first-order valence-electron chi connectivity index (χ1n) is 7.86. The number of rotatable bonds is 7. The third-order valence-corrected chi connectivity index (χ3v) is 3.93. The van der Waals surface area contributed by atoms with Gasteiger partial charge in [0, 0.05) is 22.6 Å². The van der Waals surface area contributed by atoms with E-state index in [-0.39, 0.29) is 35.8 Å². The minimum atomic E-state index is -0.164. The van der Waals surface area contributed by atoms with Gasteiger partial charge in [0.1, 0.15) is 11.5 Å². The average Bonchev–Trinajstić information content (AvgIpc) is 2.65. The van der Waals surface area contributed by atoms with E-state index >= 15 is 0 Å². The van der Waals surface area contributed by atoms with E-state index in [9.17, 15) is 4.79 Å². The van der Waals surface area contributed by atoms with Gasteiger partial charge < -0.3 is 25.8 Å². The van der Waals surface area contributed by atoms with Crippen LogP contribution in [0.2, 0.25) is 0 Å². The van der Waals surface area contributed by atoms with Crippen molar-refractivity contribution in [3.63, 3.8) is 0 Å². The van der Waals surface area contributed by atoms with Crippen molar-refractivity contribution >= 4 is 57.5 Å². The van der Waals surface area contributed by atoms with Gasteiger partial charge in [-0.15, -0.1) is 24.0 Å². The highest BCUT2D eigenvalue weighted by molar-refractivity contribution is 14.0. The molecule has 0 atom stereocenters. The summed E-state index contributed by atoms with van der Waals surface area (Å²) in [4.78, 5) is 16.2. The van der Waals surface area contributed by atoms with E-state index in [2.05, 4.69) is 31.6 Å². The molecule has 27 heavy (non-hydrogen) atoms. The van der Waals surface area contributed by atoms with E-state index in [1.807, 2.05) is 6.07 Å². The van der Waals surface area contributed by atoms with Crippen molar-refractivity contribution in [3.8, 4) is 11.5 Å². The molecule has 0 aromatic heterocycles. The van der Waals surface area contributed by atoms with E-state index in [4.69, 9.17) is 15.2 Å². The van der Waals surface area contributed by atoms with Gasteiger partial charge in [-0.2, -0.15) is 0 Å². The maximum absolute atomic E-state index is 12.0. The lowest BCUT2D eigenvalue weighted by Crippen LogP contribution is -2.28. The van der Waals surface area contributed by atoms with Gasteiger partial charge in [0.25, 0.3) is 5.91 Å². The highest BCUT2D eigenvalue weighted by Gasteiger charge is 2.07. The lowest BCUT2D eigenvalue weighted by atomic mass is 10.2. The second-order valence-electron chi connectivity index (χ2n) is 5.22. The fraction of sp³-hybridized carbons (Fsp3) is 0.222. The number of nitrogens with zero attached hydrogens (tertiary/aromatic N) is 1. The number of nitrogens with two attached hydrogens (primary N) is 1. The number of halogens is 2. The normalized spacial score (nSPS) is 10.6. The Morgan fingerprint density at radius 2 is 1.96 bits per heavy atom. The maximum atomic E-state index is 12.0. The van der Waals surface area contributed by atoms with Gasteiger partial charge in [0.15, 0.2) is 5.96 Å². The summed E-state index contributed by atoms with van der Waals surface area (Å²) in [6.07, 6.45) is 0. The van der Waals surface area contributed by atoms with Crippen LogP contribution in [0, 0.1) is 0 Å². The Balaban J connectivity index is 0.00000364. The van der Waals surface area contributed by atoms with Crippen molar-refractivity contribution in [1.82, 2.24) is 5.32 Å². The van der Waals surface area contributed by atoms with Crippen LogP contribution in [0.3, 0.4) is 0 Å². The van der Waals surface area contributed by atoms with E-state index in [1.165, 1.54) is 0 Å². The van der Waals surface area contributed by atoms with Crippen molar-refractivity contribution < 1.29 is 14.3 Å². The Morgan fingerprint density at radius 3 is 2.63 bits per heavy atom. The molecule has 7 nitrogen and oxygen atoms in total. The summed E-state index contributed by atoms with van der Waals surface area (Å²) in [5.41, 5.74) is 7.12. The van der Waals surface area contributed by atoms with Crippen molar-refractivity contribution in [2.45, 2.75) is 0 Å². The molecule has 0 unspecified atom stereocenters. The van der Waals surface area contributed by atoms with Crippen molar-refractivity contribution in [3.05, 3.63) is 52.5 Å². The van der Waals surface area contributed by atoms with Crippen LogP contribution in [-0.2, 0) is 0 Å². The molecule has 0 aliphatic heterocycles. The van der Waals surface area contributed by atoms with Crippen LogP contribution in [0.1, 0.15) is 10.4 Å². The van der Waals surface area contributed by atoms with Crippen LogP contribution in [-0.4, -0.2) is 39.2 Å². The first-order chi connectivity index (χ1) is 12.5. The number of amides is 1. The number of hydrogen-bond donors (Lipinski definition) is 3. The molecule has 0 spiro atoms. The zero-order chi connectivity index (χ0) is 18.9. The standard InChI is InChI=1S/C18H21BrN4O3.HI/c1-25-14-6-7-16(26-2)15(11-14)23-18(20)22-9-8-21-17(24)12-4-3-5-13(19)10-12;/h3-7,10-11H,8-9H2,1-2H3,(H,21,24)(H3,20,22,23);1H. The van der Waals surface area contributed by atoms with E-state index in [1.54, 1.807) is 50.6 Å². The maximum Gasteiger partial charge on any atom is 0.251 e. The third-order valence-electron chi connectivity index (χ3n) is 3.44. The number of ether oxygens (including phenoxy) is 2. The second-order valence-corrected chi connectivity index (χ2v) is 6.14. The molecule has 2 rings (SSSR count). The largest absolute Gasteiger partial charge is 0.497 e. The fourth-order valence-electron chi connectivity index (χ4n) is 2.17. The molecule has 9 heteroatoms. The highest BCUT2D eigenvalue weighted by atomic mass is 127. The SMILES string of the molecule is COc1ccc(OC)c(NC(N)=NCCNC(=O)c2cccc(Br)c2)c1.I. The zero-order valence-electron chi connectivity index (χ0n) is 15.0. The van der Waals surface area contributed by atoms with E-state index in [0.717, 1.165) is 4.47 Å². The lowest BCUT2D eigenvalue weighted by Gasteiger charge is -2.12. The Hall–Kier alpha value is -2.01. The number of guanidine groups is 1. The summed E-state index contributed by atoms with van der Waals surface area (Å²) in [5, 5.41) is 5.76. The summed E-state index contributed by atoms with van der Waals surface area (Å²) in [6.45, 7) is 0.702. The van der Waals surface area contributed by atoms with E-state index < -0.39 is 0 Å². The molecule has 2 aromatic carbocycles. The number of methoxy groups -OCH3 is 2. The molecule has 0 aliphatic rings. The quantitative estimate of drug-likeness (QED) is 0.213. The van der Waals surface area contributed by atoms with Gasteiger partial charge in [-0.05, 0) is 30.3 Å². The molecule has 0 heterocycles. The van der Waals surface area contributed by atoms with Crippen molar-refractivity contribution in [2.24, 2.45) is 10.7 Å². The summed E-state index contributed by atoms with van der Waals surface area (Å²) in [7, 11) is 3.15. The number of benzene rings is 2. The number of anilines is 1. The predicted molar refractivity (Wildman–Crippen MR) is 122 cm³/mol. The van der Waals surface area contributed by atoms with Crippen LogP contribution in [0.15, 0.2) is 51.9 Å². The molecule has 1 amide bonds. The third kappa shape index (κ3) is 7.25. The van der Waals surface area contributed by atoms with Gasteiger partial charge in [-0.25, -0.2) is 0 Å². The molecular formula is C18H22BrIN4O3. The predicted octanol–water partition coefficient (Wildman–Crippen LogP) is 3.24. The average molecular weight is 549 g/mol.